The summed E-state index contributed by atoms with van der Waals surface area (Å²) in [5.74, 6) is -2.08. The van der Waals surface area contributed by atoms with E-state index in [-0.39, 0.29) is 23.0 Å². The molecule has 0 bridgehead atoms. The van der Waals surface area contributed by atoms with Crippen LogP contribution in [0.1, 0.15) is 26.6 Å². The highest BCUT2D eigenvalue weighted by Crippen LogP contribution is 2.38. The van der Waals surface area contributed by atoms with Crippen molar-refractivity contribution in [3.8, 4) is 11.8 Å². The van der Waals surface area contributed by atoms with E-state index in [1.165, 1.54) is 14.2 Å². The minimum absolute atomic E-state index is 0.185. The van der Waals surface area contributed by atoms with E-state index < -0.39 is 39.3 Å². The summed E-state index contributed by atoms with van der Waals surface area (Å²) in [6.45, 7) is 0. The summed E-state index contributed by atoms with van der Waals surface area (Å²) >= 11 is 0.358. The molecule has 0 atom stereocenters. The molecule has 0 aromatic carbocycles. The zero-order chi connectivity index (χ0) is 23.5. The first kappa shape index (κ1) is 22.8. The average molecular weight is 472 g/mol. The van der Waals surface area contributed by atoms with Crippen molar-refractivity contribution >= 4 is 28.1 Å². The van der Waals surface area contributed by atoms with Gasteiger partial charge < -0.3 is 14.7 Å². The summed E-state index contributed by atoms with van der Waals surface area (Å²) in [5, 5.41) is 13.9. The molecule has 0 spiro atoms. The van der Waals surface area contributed by atoms with Crippen LogP contribution in [0.4, 0.5) is 22.7 Å². The molecule has 1 amide bonds. The molecule has 32 heavy (non-hydrogen) atoms. The highest BCUT2D eigenvalue weighted by atomic mass is 32.1. The first-order chi connectivity index (χ1) is 15.2. The van der Waals surface area contributed by atoms with Crippen molar-refractivity contribution in [3.63, 3.8) is 0 Å². The first-order valence-electron chi connectivity index (χ1n) is 8.36. The van der Waals surface area contributed by atoms with E-state index in [9.17, 15) is 27.6 Å². The van der Waals surface area contributed by atoms with Crippen LogP contribution < -0.4 is 14.8 Å². The second kappa shape index (κ2) is 9.09. The molecule has 0 aliphatic rings. The third-order valence-electron chi connectivity index (χ3n) is 3.79. The second-order valence-electron chi connectivity index (χ2n) is 5.73. The first-order valence-corrected chi connectivity index (χ1v) is 9.18. The van der Waals surface area contributed by atoms with Gasteiger partial charge in [-0.3, -0.25) is 15.1 Å². The lowest BCUT2D eigenvalue weighted by molar-refractivity contribution is -0.140. The van der Waals surface area contributed by atoms with E-state index in [0.29, 0.717) is 11.3 Å². The number of ether oxygens (including phenoxy) is 2. The van der Waals surface area contributed by atoms with Gasteiger partial charge in [0.15, 0.2) is 16.4 Å². The minimum Gasteiger partial charge on any atom is -0.480 e. The van der Waals surface area contributed by atoms with Crippen molar-refractivity contribution in [1.82, 2.24) is 19.9 Å². The summed E-state index contributed by atoms with van der Waals surface area (Å²) in [6, 6.07) is 1.96. The molecule has 3 aromatic rings. The smallest absolute Gasteiger partial charge is 0.434 e. The lowest BCUT2D eigenvalue weighted by atomic mass is 10.2. The van der Waals surface area contributed by atoms with Crippen LogP contribution in [-0.2, 0) is 6.18 Å². The molecule has 0 unspecified atom stereocenters. The van der Waals surface area contributed by atoms with Crippen LogP contribution in [0.15, 0.2) is 29.8 Å². The van der Waals surface area contributed by atoms with Gasteiger partial charge in [-0.1, -0.05) is 16.5 Å². The van der Waals surface area contributed by atoms with E-state index in [4.69, 9.17) is 9.47 Å². The molecule has 2 N–H and O–H groups in total. The van der Waals surface area contributed by atoms with Gasteiger partial charge in [-0.25, -0.2) is 19.3 Å². The van der Waals surface area contributed by atoms with Crippen LogP contribution in [0.5, 0.6) is 11.8 Å². The summed E-state index contributed by atoms with van der Waals surface area (Å²) in [7, 11) is 2.45. The SMILES string of the molecule is COc1ncnc(OC)c1C(=O)Nc1nc(C(F)(F)F)c(C(=NO)c2ccc(F)cn2)s1. The molecule has 3 rings (SSSR count). The van der Waals surface area contributed by atoms with Gasteiger partial charge in [-0.15, -0.1) is 0 Å². The fourth-order valence-corrected chi connectivity index (χ4v) is 3.45. The third-order valence-corrected chi connectivity index (χ3v) is 4.77. The van der Waals surface area contributed by atoms with Gasteiger partial charge in [-0.2, -0.15) is 13.2 Å². The molecular weight excluding hydrogens is 460 g/mol. The van der Waals surface area contributed by atoms with Crippen molar-refractivity contribution in [2.45, 2.75) is 6.18 Å². The molecule has 3 aromatic heterocycles. The maximum Gasteiger partial charge on any atom is 0.434 e. The number of nitrogens with zero attached hydrogens (tertiary/aromatic N) is 5. The van der Waals surface area contributed by atoms with Gasteiger partial charge in [0, 0.05) is 0 Å². The Balaban J connectivity index is 2.04. The Morgan fingerprint density at radius 2 is 1.81 bits per heavy atom. The quantitative estimate of drug-likeness (QED) is 0.242. The molecule has 0 fully saturated rings. The van der Waals surface area contributed by atoms with E-state index in [1.54, 1.807) is 0 Å². The minimum atomic E-state index is -4.98. The van der Waals surface area contributed by atoms with Gasteiger partial charge in [0.05, 0.1) is 31.0 Å². The Morgan fingerprint density at radius 3 is 2.31 bits per heavy atom. The number of methoxy groups -OCH3 is 2. The summed E-state index contributed by atoms with van der Waals surface area (Å²) in [6.07, 6.45) is -3.17. The lowest BCUT2D eigenvalue weighted by Crippen LogP contribution is -2.16. The number of rotatable bonds is 6. The summed E-state index contributed by atoms with van der Waals surface area (Å²) < 4.78 is 63.8. The van der Waals surface area contributed by atoms with E-state index in [0.717, 1.165) is 24.7 Å². The van der Waals surface area contributed by atoms with Crippen molar-refractivity contribution in [2.75, 3.05) is 19.5 Å². The zero-order valence-electron chi connectivity index (χ0n) is 16.1. The Hall–Kier alpha value is -3.88. The molecule has 10 nitrogen and oxygen atoms in total. The fraction of sp³-hybridized carbons (Fsp3) is 0.176. The Morgan fingerprint density at radius 1 is 1.16 bits per heavy atom. The van der Waals surface area contributed by atoms with E-state index in [1.807, 2.05) is 0 Å². The predicted octanol–water partition coefficient (Wildman–Crippen LogP) is 2.98. The molecule has 3 heterocycles. The molecule has 0 aliphatic heterocycles. The van der Waals surface area contributed by atoms with Gasteiger partial charge >= 0.3 is 6.18 Å². The lowest BCUT2D eigenvalue weighted by Gasteiger charge is -2.09. The number of thiazole rings is 1. The number of nitrogens with one attached hydrogen (secondary N) is 1. The number of aromatic nitrogens is 4. The van der Waals surface area contributed by atoms with Crippen LogP contribution in [-0.4, -0.2) is 51.0 Å². The molecule has 0 radical (unpaired) electrons. The number of pyridine rings is 1. The fourth-order valence-electron chi connectivity index (χ4n) is 2.47. The van der Waals surface area contributed by atoms with Crippen LogP contribution in [0.3, 0.4) is 0 Å². The van der Waals surface area contributed by atoms with Crippen molar-refractivity contribution in [3.05, 3.63) is 52.3 Å². The van der Waals surface area contributed by atoms with E-state index >= 15 is 0 Å². The second-order valence-corrected chi connectivity index (χ2v) is 6.73. The van der Waals surface area contributed by atoms with Gasteiger partial charge in [0.1, 0.15) is 17.9 Å². The predicted molar refractivity (Wildman–Crippen MR) is 102 cm³/mol. The highest BCUT2D eigenvalue weighted by molar-refractivity contribution is 7.18. The molecule has 15 heteroatoms. The normalized spacial score (nSPS) is 11.9. The third kappa shape index (κ3) is 4.56. The Labute approximate surface area is 180 Å². The number of hydrogen-bond acceptors (Lipinski definition) is 10. The monoisotopic (exact) mass is 472 g/mol. The molecular formula is C17H12F4N6O4S. The maximum atomic E-state index is 13.6. The van der Waals surface area contributed by atoms with Crippen molar-refractivity contribution in [1.29, 1.82) is 0 Å². The number of anilines is 1. The number of amides is 1. The van der Waals surface area contributed by atoms with Gasteiger partial charge in [0.25, 0.3) is 5.91 Å². The van der Waals surface area contributed by atoms with Crippen LogP contribution >= 0.6 is 11.3 Å². The van der Waals surface area contributed by atoms with Crippen LogP contribution in [0.2, 0.25) is 0 Å². The van der Waals surface area contributed by atoms with Gasteiger partial charge in [-0.05, 0) is 12.1 Å². The largest absolute Gasteiger partial charge is 0.480 e. The molecule has 0 saturated carbocycles. The van der Waals surface area contributed by atoms with Crippen molar-refractivity contribution in [2.24, 2.45) is 5.16 Å². The molecule has 0 aliphatic carbocycles. The number of carbonyl (C=O) groups is 1. The van der Waals surface area contributed by atoms with E-state index in [2.05, 4.69) is 30.4 Å². The van der Waals surface area contributed by atoms with Crippen LogP contribution in [0.25, 0.3) is 0 Å². The van der Waals surface area contributed by atoms with Crippen molar-refractivity contribution < 1.29 is 37.0 Å². The van der Waals surface area contributed by atoms with Crippen LogP contribution in [0, 0.1) is 5.82 Å². The standard InChI is InChI=1S/C17H12F4N6O4S/c1-30-14-9(15(31-2)24-6-23-14)13(28)26-16-25-12(17(19,20)21)11(32-16)10(27-29)8-4-3-7(18)5-22-8/h3-6,29H,1-2H3,(H,25,26,28). The number of halogens is 4. The molecule has 0 saturated heterocycles. The maximum absolute atomic E-state index is 13.6. The topological polar surface area (TPSA) is 132 Å². The number of alkyl halides is 3. The Kier molecular flexibility index (Phi) is 6.47. The highest BCUT2D eigenvalue weighted by Gasteiger charge is 2.40. The summed E-state index contributed by atoms with van der Waals surface area (Å²) in [4.78, 5) is 26.6. The van der Waals surface area contributed by atoms with Gasteiger partial charge in [0.2, 0.25) is 11.8 Å². The number of oxime groups is 1. The summed E-state index contributed by atoms with van der Waals surface area (Å²) in [5.41, 5.74) is -2.59. The zero-order valence-corrected chi connectivity index (χ0v) is 17.0. The molecule has 168 valence electrons. The number of hydrogen-bond donors (Lipinski definition) is 2. The Bertz CT molecular complexity index is 1140. The average Bonchev–Trinajstić information content (AvgIpc) is 3.18. The number of carbonyl (C=O) groups excluding carboxylic acids is 1.